The van der Waals surface area contributed by atoms with Gasteiger partial charge in [0.05, 0.1) is 22.2 Å². The number of hydrogen-bond donors (Lipinski definition) is 2. The molecule has 0 radical (unpaired) electrons. The van der Waals surface area contributed by atoms with E-state index in [1.165, 1.54) is 0 Å². The van der Waals surface area contributed by atoms with E-state index >= 15 is 0 Å². The molecule has 1 aromatic heterocycles. The van der Waals surface area contributed by atoms with Crippen molar-refractivity contribution < 1.29 is 4.74 Å². The Kier molecular flexibility index (Phi) is 4.54. The van der Waals surface area contributed by atoms with Gasteiger partial charge in [-0.1, -0.05) is 23.2 Å². The highest BCUT2D eigenvalue weighted by Gasteiger charge is 2.28. The molecule has 1 aromatic rings. The van der Waals surface area contributed by atoms with Crippen molar-refractivity contribution in [3.8, 4) is 0 Å². The zero-order chi connectivity index (χ0) is 13.1. The first kappa shape index (κ1) is 13.7. The van der Waals surface area contributed by atoms with Gasteiger partial charge in [0.1, 0.15) is 11.6 Å². The van der Waals surface area contributed by atoms with E-state index in [4.69, 9.17) is 27.9 Å². The number of nitrogens with zero attached hydrogens (tertiary/aromatic N) is 1. The zero-order valence-electron chi connectivity index (χ0n) is 10.5. The molecule has 1 heterocycles. The molecular formula is C12H17Cl2N3O. The molecule has 1 aliphatic rings. The minimum absolute atomic E-state index is 0.219. The molecule has 0 aromatic carbocycles. The van der Waals surface area contributed by atoms with Crippen molar-refractivity contribution in [3.63, 3.8) is 0 Å². The van der Waals surface area contributed by atoms with Gasteiger partial charge in [0.25, 0.3) is 0 Å². The normalized spacial score (nSPS) is 23.1. The van der Waals surface area contributed by atoms with E-state index in [1.54, 1.807) is 20.2 Å². The predicted octanol–water partition coefficient (Wildman–Crippen LogP) is 3.41. The van der Waals surface area contributed by atoms with E-state index in [-0.39, 0.29) is 12.1 Å². The SMILES string of the molecule is CNc1nc(NC2CCCC2OC)c(Cl)cc1Cl. The number of pyridine rings is 1. The predicted molar refractivity (Wildman–Crippen MR) is 75.9 cm³/mol. The largest absolute Gasteiger partial charge is 0.379 e. The van der Waals surface area contributed by atoms with Gasteiger partial charge in [0.15, 0.2) is 0 Å². The molecule has 2 rings (SSSR count). The van der Waals surface area contributed by atoms with Crippen LogP contribution in [0.25, 0.3) is 0 Å². The molecule has 0 amide bonds. The average molecular weight is 290 g/mol. The Labute approximate surface area is 117 Å². The Morgan fingerprint density at radius 2 is 2.00 bits per heavy atom. The van der Waals surface area contributed by atoms with Gasteiger partial charge < -0.3 is 15.4 Å². The third kappa shape index (κ3) is 2.82. The molecule has 2 atom stereocenters. The fraction of sp³-hybridized carbons (Fsp3) is 0.583. The molecule has 2 unspecified atom stereocenters. The fourth-order valence-corrected chi connectivity index (χ4v) is 2.80. The standard InChI is InChI=1S/C12H17Cl2N3O/c1-15-11-7(13)6-8(14)12(17-11)16-9-4-3-5-10(9)18-2/h6,9-10H,3-5H2,1-2H3,(H2,15,16,17). The molecule has 0 bridgehead atoms. The molecule has 1 aliphatic carbocycles. The van der Waals surface area contributed by atoms with Crippen molar-refractivity contribution in [2.75, 3.05) is 24.8 Å². The van der Waals surface area contributed by atoms with E-state index in [2.05, 4.69) is 15.6 Å². The molecule has 18 heavy (non-hydrogen) atoms. The van der Waals surface area contributed by atoms with Crippen LogP contribution in [0.1, 0.15) is 19.3 Å². The van der Waals surface area contributed by atoms with Crippen LogP contribution in [0, 0.1) is 0 Å². The van der Waals surface area contributed by atoms with Gasteiger partial charge in [-0.25, -0.2) is 4.98 Å². The molecule has 0 aliphatic heterocycles. The Morgan fingerprint density at radius 3 is 2.67 bits per heavy atom. The van der Waals surface area contributed by atoms with Gasteiger partial charge in [-0.05, 0) is 25.3 Å². The minimum atomic E-state index is 0.219. The van der Waals surface area contributed by atoms with Crippen molar-refractivity contribution in [1.82, 2.24) is 4.98 Å². The summed E-state index contributed by atoms with van der Waals surface area (Å²) in [5.74, 6) is 1.27. The van der Waals surface area contributed by atoms with Crippen molar-refractivity contribution in [1.29, 1.82) is 0 Å². The van der Waals surface area contributed by atoms with Gasteiger partial charge in [-0.2, -0.15) is 0 Å². The summed E-state index contributed by atoms with van der Waals surface area (Å²) < 4.78 is 5.44. The van der Waals surface area contributed by atoms with Crippen molar-refractivity contribution in [2.24, 2.45) is 0 Å². The monoisotopic (exact) mass is 289 g/mol. The van der Waals surface area contributed by atoms with Crippen LogP contribution in [0.15, 0.2) is 6.07 Å². The Bertz CT molecular complexity index is 428. The summed E-state index contributed by atoms with van der Waals surface area (Å²) >= 11 is 12.2. The van der Waals surface area contributed by atoms with Crippen molar-refractivity contribution >= 4 is 34.8 Å². The first-order chi connectivity index (χ1) is 8.65. The number of ether oxygens (including phenoxy) is 1. The summed E-state index contributed by atoms with van der Waals surface area (Å²) in [5.41, 5.74) is 0. The topological polar surface area (TPSA) is 46.2 Å². The second kappa shape index (κ2) is 5.95. The number of halogens is 2. The summed E-state index contributed by atoms with van der Waals surface area (Å²) in [6.07, 6.45) is 3.50. The first-order valence-electron chi connectivity index (χ1n) is 5.98. The molecule has 1 fully saturated rings. The Morgan fingerprint density at radius 1 is 1.28 bits per heavy atom. The lowest BCUT2D eigenvalue weighted by Crippen LogP contribution is -2.30. The summed E-state index contributed by atoms with van der Waals surface area (Å²) in [5, 5.41) is 7.33. The van der Waals surface area contributed by atoms with Gasteiger partial charge in [-0.3, -0.25) is 0 Å². The van der Waals surface area contributed by atoms with Crippen LogP contribution in [0.5, 0.6) is 0 Å². The fourth-order valence-electron chi connectivity index (χ4n) is 2.29. The third-order valence-corrected chi connectivity index (χ3v) is 3.82. The third-order valence-electron chi connectivity index (χ3n) is 3.24. The van der Waals surface area contributed by atoms with Crippen LogP contribution >= 0.6 is 23.2 Å². The number of anilines is 2. The van der Waals surface area contributed by atoms with Crippen LogP contribution in [-0.2, 0) is 4.74 Å². The lowest BCUT2D eigenvalue weighted by Gasteiger charge is -2.21. The van der Waals surface area contributed by atoms with Crippen molar-refractivity contribution in [2.45, 2.75) is 31.4 Å². The summed E-state index contributed by atoms with van der Waals surface area (Å²) in [6, 6.07) is 1.95. The smallest absolute Gasteiger partial charge is 0.147 e. The van der Waals surface area contributed by atoms with Gasteiger partial charge >= 0.3 is 0 Å². The zero-order valence-corrected chi connectivity index (χ0v) is 12.0. The lowest BCUT2D eigenvalue weighted by molar-refractivity contribution is 0.101. The second-order valence-electron chi connectivity index (χ2n) is 4.36. The molecule has 6 heteroatoms. The number of aromatic nitrogens is 1. The van der Waals surface area contributed by atoms with Crippen LogP contribution < -0.4 is 10.6 Å². The van der Waals surface area contributed by atoms with E-state index in [0.29, 0.717) is 21.7 Å². The Balaban J connectivity index is 2.18. The summed E-state index contributed by atoms with van der Waals surface area (Å²) in [6.45, 7) is 0. The maximum absolute atomic E-state index is 6.15. The summed E-state index contributed by atoms with van der Waals surface area (Å²) in [7, 11) is 3.51. The molecule has 1 saturated carbocycles. The highest BCUT2D eigenvalue weighted by molar-refractivity contribution is 6.37. The number of hydrogen-bond acceptors (Lipinski definition) is 4. The van der Waals surface area contributed by atoms with E-state index in [9.17, 15) is 0 Å². The number of nitrogens with one attached hydrogen (secondary N) is 2. The lowest BCUT2D eigenvalue weighted by atomic mass is 10.2. The van der Waals surface area contributed by atoms with Gasteiger partial charge in [-0.15, -0.1) is 0 Å². The van der Waals surface area contributed by atoms with E-state index in [0.717, 1.165) is 19.3 Å². The van der Waals surface area contributed by atoms with E-state index in [1.807, 2.05) is 0 Å². The first-order valence-corrected chi connectivity index (χ1v) is 6.74. The van der Waals surface area contributed by atoms with Crippen molar-refractivity contribution in [3.05, 3.63) is 16.1 Å². The van der Waals surface area contributed by atoms with Crippen LogP contribution in [-0.4, -0.2) is 31.3 Å². The maximum atomic E-state index is 6.15. The molecule has 100 valence electrons. The van der Waals surface area contributed by atoms with E-state index < -0.39 is 0 Å². The number of rotatable bonds is 4. The highest BCUT2D eigenvalue weighted by atomic mass is 35.5. The highest BCUT2D eigenvalue weighted by Crippen LogP contribution is 2.32. The molecule has 0 spiro atoms. The molecule has 0 saturated heterocycles. The number of methoxy groups -OCH3 is 1. The maximum Gasteiger partial charge on any atom is 0.147 e. The van der Waals surface area contributed by atoms with Crippen LogP contribution in [0.3, 0.4) is 0 Å². The van der Waals surface area contributed by atoms with Crippen LogP contribution in [0.4, 0.5) is 11.6 Å². The van der Waals surface area contributed by atoms with Gasteiger partial charge in [0, 0.05) is 14.2 Å². The molecule has 4 nitrogen and oxygen atoms in total. The molecule has 2 N–H and O–H groups in total. The summed E-state index contributed by atoms with van der Waals surface area (Å²) in [4.78, 5) is 4.38. The molecular weight excluding hydrogens is 273 g/mol. The second-order valence-corrected chi connectivity index (χ2v) is 5.17. The Hall–Kier alpha value is -0.710. The minimum Gasteiger partial charge on any atom is -0.379 e. The quantitative estimate of drug-likeness (QED) is 0.892. The average Bonchev–Trinajstić information content (AvgIpc) is 2.79. The van der Waals surface area contributed by atoms with Gasteiger partial charge in [0.2, 0.25) is 0 Å². The van der Waals surface area contributed by atoms with Crippen LogP contribution in [0.2, 0.25) is 10.0 Å².